The van der Waals surface area contributed by atoms with E-state index in [1.807, 2.05) is 11.8 Å². The predicted octanol–water partition coefficient (Wildman–Crippen LogP) is 3.72. The third-order valence-electron chi connectivity index (χ3n) is 3.28. The van der Waals surface area contributed by atoms with Gasteiger partial charge >= 0.3 is 0 Å². The molecular weight excluding hydrogens is 254 g/mol. The van der Waals surface area contributed by atoms with Crippen LogP contribution in [0.2, 0.25) is 0 Å². The van der Waals surface area contributed by atoms with Crippen molar-refractivity contribution in [2.45, 2.75) is 46.1 Å². The lowest BCUT2D eigenvalue weighted by atomic mass is 9.99. The predicted molar refractivity (Wildman–Crippen MR) is 86.4 cm³/mol. The molecule has 0 aliphatic rings. The zero-order valence-electron chi connectivity index (χ0n) is 12.7. The maximum Gasteiger partial charge on any atom is 0.125 e. The van der Waals surface area contributed by atoms with Gasteiger partial charge in [-0.25, -0.2) is 0 Å². The van der Waals surface area contributed by atoms with E-state index in [1.165, 1.54) is 16.7 Å². The highest BCUT2D eigenvalue weighted by molar-refractivity contribution is 7.98. The van der Waals surface area contributed by atoms with E-state index in [9.17, 15) is 0 Å². The molecule has 0 amide bonds. The lowest BCUT2D eigenvalue weighted by Crippen LogP contribution is -2.21. The zero-order chi connectivity index (χ0) is 14.3. The van der Waals surface area contributed by atoms with Crippen molar-refractivity contribution >= 4 is 11.8 Å². The lowest BCUT2D eigenvalue weighted by Gasteiger charge is -2.15. The van der Waals surface area contributed by atoms with E-state index >= 15 is 0 Å². The summed E-state index contributed by atoms with van der Waals surface area (Å²) in [5.74, 6) is 2.21. The van der Waals surface area contributed by atoms with Crippen LogP contribution in [0.5, 0.6) is 5.75 Å². The summed E-state index contributed by atoms with van der Waals surface area (Å²) < 4.78 is 5.91. The van der Waals surface area contributed by atoms with Gasteiger partial charge < -0.3 is 10.5 Å². The number of aryl methyl sites for hydroxylation is 2. The standard InChI is InChI=1S/C16H27NOS/c1-5-15(17)11-14-9-12(2)16(13(3)10-14)18-7-6-8-19-4/h9-10,15H,5-8,11,17H2,1-4H3. The number of benzene rings is 1. The zero-order valence-corrected chi connectivity index (χ0v) is 13.5. The molecular formula is C16H27NOS. The Morgan fingerprint density at radius 2 is 1.89 bits per heavy atom. The van der Waals surface area contributed by atoms with Gasteiger partial charge in [-0.2, -0.15) is 11.8 Å². The molecule has 3 heteroatoms. The molecule has 0 radical (unpaired) electrons. The number of hydrogen-bond acceptors (Lipinski definition) is 3. The minimum absolute atomic E-state index is 0.257. The third kappa shape index (κ3) is 5.45. The van der Waals surface area contributed by atoms with Crippen LogP contribution in [0.1, 0.15) is 36.5 Å². The molecule has 1 rings (SSSR count). The molecule has 1 unspecified atom stereocenters. The van der Waals surface area contributed by atoms with Gasteiger partial charge in [-0.05, 0) is 61.8 Å². The minimum Gasteiger partial charge on any atom is -0.493 e. The fraction of sp³-hybridized carbons (Fsp3) is 0.625. The van der Waals surface area contributed by atoms with Crippen LogP contribution in [-0.2, 0) is 6.42 Å². The van der Waals surface area contributed by atoms with Crippen molar-refractivity contribution in [1.29, 1.82) is 0 Å². The molecule has 2 N–H and O–H groups in total. The maximum absolute atomic E-state index is 6.02. The fourth-order valence-corrected chi connectivity index (χ4v) is 2.62. The van der Waals surface area contributed by atoms with Crippen LogP contribution < -0.4 is 10.5 Å². The quantitative estimate of drug-likeness (QED) is 0.738. The van der Waals surface area contributed by atoms with Crippen LogP contribution in [0.4, 0.5) is 0 Å². The van der Waals surface area contributed by atoms with Crippen molar-refractivity contribution < 1.29 is 4.74 Å². The number of hydrogen-bond donors (Lipinski definition) is 1. The van der Waals surface area contributed by atoms with Gasteiger partial charge in [-0.15, -0.1) is 0 Å². The largest absolute Gasteiger partial charge is 0.493 e. The lowest BCUT2D eigenvalue weighted by molar-refractivity contribution is 0.314. The van der Waals surface area contributed by atoms with Gasteiger partial charge in [0.1, 0.15) is 5.75 Å². The van der Waals surface area contributed by atoms with Gasteiger partial charge in [-0.3, -0.25) is 0 Å². The van der Waals surface area contributed by atoms with Crippen molar-refractivity contribution in [2.75, 3.05) is 18.6 Å². The molecule has 2 nitrogen and oxygen atoms in total. The second-order valence-electron chi connectivity index (χ2n) is 5.13. The molecule has 1 aromatic rings. The van der Waals surface area contributed by atoms with Crippen LogP contribution in [0.3, 0.4) is 0 Å². The van der Waals surface area contributed by atoms with E-state index in [0.29, 0.717) is 0 Å². The Morgan fingerprint density at radius 1 is 1.26 bits per heavy atom. The molecule has 0 aromatic heterocycles. The first-order valence-corrected chi connectivity index (χ1v) is 8.45. The van der Waals surface area contributed by atoms with Crippen molar-refractivity contribution in [3.05, 3.63) is 28.8 Å². The molecule has 0 aliphatic heterocycles. The number of nitrogens with two attached hydrogens (primary N) is 1. The molecule has 0 aliphatic carbocycles. The van der Waals surface area contributed by atoms with Crippen LogP contribution in [-0.4, -0.2) is 24.7 Å². The Balaban J connectivity index is 2.68. The monoisotopic (exact) mass is 281 g/mol. The second kappa shape index (κ2) is 8.49. The van der Waals surface area contributed by atoms with Crippen molar-refractivity contribution in [1.82, 2.24) is 0 Å². The summed E-state index contributed by atoms with van der Waals surface area (Å²) in [6.07, 6.45) is 5.20. The van der Waals surface area contributed by atoms with Crippen LogP contribution >= 0.6 is 11.8 Å². The topological polar surface area (TPSA) is 35.2 Å². The minimum atomic E-state index is 0.257. The van der Waals surface area contributed by atoms with E-state index in [-0.39, 0.29) is 6.04 Å². The smallest absolute Gasteiger partial charge is 0.125 e. The molecule has 0 heterocycles. The Morgan fingerprint density at radius 3 is 2.42 bits per heavy atom. The molecule has 0 bridgehead atoms. The van der Waals surface area contributed by atoms with Crippen LogP contribution in [0, 0.1) is 13.8 Å². The summed E-state index contributed by atoms with van der Waals surface area (Å²) in [5.41, 5.74) is 9.79. The van der Waals surface area contributed by atoms with Gasteiger partial charge in [0.25, 0.3) is 0 Å². The molecule has 0 fully saturated rings. The van der Waals surface area contributed by atoms with E-state index in [2.05, 4.69) is 39.2 Å². The van der Waals surface area contributed by atoms with Crippen LogP contribution in [0.15, 0.2) is 12.1 Å². The highest BCUT2D eigenvalue weighted by Gasteiger charge is 2.08. The van der Waals surface area contributed by atoms with E-state index < -0.39 is 0 Å². The molecule has 108 valence electrons. The molecule has 0 saturated heterocycles. The summed E-state index contributed by atoms with van der Waals surface area (Å²) in [5, 5.41) is 0. The Bertz CT molecular complexity index is 369. The van der Waals surface area contributed by atoms with E-state index in [0.717, 1.165) is 37.4 Å². The van der Waals surface area contributed by atoms with Gasteiger partial charge in [0.2, 0.25) is 0 Å². The van der Waals surface area contributed by atoms with Crippen molar-refractivity contribution in [2.24, 2.45) is 5.73 Å². The normalized spacial score (nSPS) is 12.5. The highest BCUT2D eigenvalue weighted by Crippen LogP contribution is 2.25. The molecule has 1 atom stereocenters. The molecule has 0 spiro atoms. The van der Waals surface area contributed by atoms with E-state index in [1.54, 1.807) is 0 Å². The molecule has 1 aromatic carbocycles. The first-order chi connectivity index (χ1) is 9.08. The molecule has 19 heavy (non-hydrogen) atoms. The average molecular weight is 281 g/mol. The van der Waals surface area contributed by atoms with Gasteiger partial charge in [0.05, 0.1) is 6.61 Å². The number of rotatable bonds is 8. The summed E-state index contributed by atoms with van der Waals surface area (Å²) in [6.45, 7) is 7.18. The van der Waals surface area contributed by atoms with E-state index in [4.69, 9.17) is 10.5 Å². The fourth-order valence-electron chi connectivity index (χ4n) is 2.21. The third-order valence-corrected chi connectivity index (χ3v) is 3.98. The van der Waals surface area contributed by atoms with Gasteiger partial charge in [0.15, 0.2) is 0 Å². The first kappa shape index (κ1) is 16.4. The summed E-state index contributed by atoms with van der Waals surface area (Å²) in [6, 6.07) is 4.69. The number of ether oxygens (including phenoxy) is 1. The van der Waals surface area contributed by atoms with Crippen molar-refractivity contribution in [3.63, 3.8) is 0 Å². The second-order valence-corrected chi connectivity index (χ2v) is 6.11. The number of thioether (sulfide) groups is 1. The van der Waals surface area contributed by atoms with Gasteiger partial charge in [-0.1, -0.05) is 19.1 Å². The summed E-state index contributed by atoms with van der Waals surface area (Å²) in [7, 11) is 0. The summed E-state index contributed by atoms with van der Waals surface area (Å²) >= 11 is 1.86. The maximum atomic E-state index is 6.02. The highest BCUT2D eigenvalue weighted by atomic mass is 32.2. The van der Waals surface area contributed by atoms with Crippen LogP contribution in [0.25, 0.3) is 0 Å². The Kier molecular flexibility index (Phi) is 7.32. The Hall–Kier alpha value is -0.670. The van der Waals surface area contributed by atoms with Gasteiger partial charge in [0, 0.05) is 6.04 Å². The molecule has 0 saturated carbocycles. The van der Waals surface area contributed by atoms with Crippen molar-refractivity contribution in [3.8, 4) is 5.75 Å². The first-order valence-electron chi connectivity index (χ1n) is 7.05. The SMILES string of the molecule is CCC(N)Cc1cc(C)c(OCCCSC)c(C)c1. The average Bonchev–Trinajstić information content (AvgIpc) is 2.37. The summed E-state index contributed by atoms with van der Waals surface area (Å²) in [4.78, 5) is 0. The Labute approximate surface area is 122 Å².